The van der Waals surface area contributed by atoms with Gasteiger partial charge in [0.2, 0.25) is 0 Å². The van der Waals surface area contributed by atoms with E-state index in [9.17, 15) is 9.18 Å². The minimum atomic E-state index is -0.484. The summed E-state index contributed by atoms with van der Waals surface area (Å²) in [5.74, 6) is 0.482. The Labute approximate surface area is 163 Å². The highest BCUT2D eigenvalue weighted by Gasteiger charge is 2.13. The van der Waals surface area contributed by atoms with Gasteiger partial charge in [0.25, 0.3) is 5.91 Å². The molecule has 0 spiro atoms. The zero-order valence-electron chi connectivity index (χ0n) is 16.1. The van der Waals surface area contributed by atoms with E-state index in [1.807, 2.05) is 26.0 Å². The van der Waals surface area contributed by atoms with Crippen LogP contribution in [-0.4, -0.2) is 13.0 Å². The molecule has 0 heterocycles. The standard InChI is InChI=1S/C23H22FNO3/c1-15-10-16(2)12-19(11-15)28-14-18-13-17(8-9-22(18)27-3)23(26)25-21-7-5-4-6-20(21)24/h4-13H,14H2,1-3H3,(H,25,26). The predicted molar refractivity (Wildman–Crippen MR) is 108 cm³/mol. The Bertz CT molecular complexity index is 981. The van der Waals surface area contributed by atoms with Crippen LogP contribution in [0.1, 0.15) is 27.0 Å². The van der Waals surface area contributed by atoms with Gasteiger partial charge >= 0.3 is 0 Å². The first-order chi connectivity index (χ1) is 13.5. The molecule has 0 bridgehead atoms. The van der Waals surface area contributed by atoms with Crippen molar-refractivity contribution in [2.75, 3.05) is 12.4 Å². The summed E-state index contributed by atoms with van der Waals surface area (Å²) in [5, 5.41) is 2.58. The number of benzene rings is 3. The van der Waals surface area contributed by atoms with Gasteiger partial charge in [0.15, 0.2) is 0 Å². The SMILES string of the molecule is COc1ccc(C(=O)Nc2ccccc2F)cc1COc1cc(C)cc(C)c1. The Kier molecular flexibility index (Phi) is 5.94. The number of amides is 1. The van der Waals surface area contributed by atoms with Gasteiger partial charge in [0, 0.05) is 11.1 Å². The molecular formula is C23H22FNO3. The number of hydrogen-bond donors (Lipinski definition) is 1. The summed E-state index contributed by atoms with van der Waals surface area (Å²) in [4.78, 5) is 12.5. The summed E-state index contributed by atoms with van der Waals surface area (Å²) in [6, 6.07) is 17.1. The molecule has 0 radical (unpaired) electrons. The lowest BCUT2D eigenvalue weighted by Crippen LogP contribution is -2.13. The minimum absolute atomic E-state index is 0.136. The molecule has 0 saturated carbocycles. The van der Waals surface area contributed by atoms with Crippen molar-refractivity contribution < 1.29 is 18.7 Å². The van der Waals surface area contributed by atoms with Gasteiger partial charge in [-0.05, 0) is 67.4 Å². The number of hydrogen-bond acceptors (Lipinski definition) is 3. The zero-order valence-corrected chi connectivity index (χ0v) is 16.1. The van der Waals surface area contributed by atoms with E-state index in [0.717, 1.165) is 22.4 Å². The molecule has 0 fully saturated rings. The molecule has 5 heteroatoms. The number of aryl methyl sites for hydroxylation is 2. The van der Waals surface area contributed by atoms with Crippen LogP contribution in [0.15, 0.2) is 60.7 Å². The molecule has 0 aromatic heterocycles. The second-order valence-electron chi connectivity index (χ2n) is 6.57. The molecule has 0 unspecified atom stereocenters. The van der Waals surface area contributed by atoms with Crippen molar-refractivity contribution in [1.82, 2.24) is 0 Å². The number of carbonyl (C=O) groups excluding carboxylic acids is 1. The normalized spacial score (nSPS) is 10.4. The second-order valence-corrected chi connectivity index (χ2v) is 6.57. The third-order valence-corrected chi connectivity index (χ3v) is 4.25. The summed E-state index contributed by atoms with van der Waals surface area (Å²) in [5.41, 5.74) is 3.47. The van der Waals surface area contributed by atoms with Gasteiger partial charge in [-0.3, -0.25) is 4.79 Å². The minimum Gasteiger partial charge on any atom is -0.496 e. The van der Waals surface area contributed by atoms with Crippen molar-refractivity contribution in [3.8, 4) is 11.5 Å². The highest BCUT2D eigenvalue weighted by atomic mass is 19.1. The highest BCUT2D eigenvalue weighted by Crippen LogP contribution is 2.24. The quantitative estimate of drug-likeness (QED) is 0.634. The van der Waals surface area contributed by atoms with E-state index in [1.165, 1.54) is 12.1 Å². The summed E-state index contributed by atoms with van der Waals surface area (Å²) < 4.78 is 25.1. The van der Waals surface area contributed by atoms with Gasteiger partial charge in [0.05, 0.1) is 12.8 Å². The maximum Gasteiger partial charge on any atom is 0.255 e. The van der Waals surface area contributed by atoms with Crippen LogP contribution >= 0.6 is 0 Å². The Balaban J connectivity index is 1.79. The number of rotatable bonds is 6. The van der Waals surface area contributed by atoms with Gasteiger partial charge in [0.1, 0.15) is 23.9 Å². The molecule has 3 aromatic carbocycles. The molecule has 1 N–H and O–H groups in total. The van der Waals surface area contributed by atoms with E-state index < -0.39 is 11.7 Å². The van der Waals surface area contributed by atoms with Crippen LogP contribution in [0.2, 0.25) is 0 Å². The fraction of sp³-hybridized carbons (Fsp3) is 0.174. The molecule has 0 aliphatic carbocycles. The Morgan fingerprint density at radius 1 is 1.00 bits per heavy atom. The maximum absolute atomic E-state index is 13.8. The average Bonchev–Trinajstić information content (AvgIpc) is 2.67. The smallest absolute Gasteiger partial charge is 0.255 e. The first-order valence-electron chi connectivity index (χ1n) is 8.90. The Hall–Kier alpha value is -3.34. The van der Waals surface area contributed by atoms with Crippen LogP contribution in [0.4, 0.5) is 10.1 Å². The molecule has 0 saturated heterocycles. The average molecular weight is 379 g/mol. The van der Waals surface area contributed by atoms with E-state index >= 15 is 0 Å². The summed E-state index contributed by atoms with van der Waals surface area (Å²) in [6.07, 6.45) is 0. The van der Waals surface area contributed by atoms with Crippen molar-refractivity contribution in [1.29, 1.82) is 0 Å². The van der Waals surface area contributed by atoms with Crippen molar-refractivity contribution in [3.05, 3.63) is 88.7 Å². The van der Waals surface area contributed by atoms with E-state index in [0.29, 0.717) is 11.3 Å². The topological polar surface area (TPSA) is 47.6 Å². The van der Waals surface area contributed by atoms with Crippen LogP contribution in [-0.2, 0) is 6.61 Å². The van der Waals surface area contributed by atoms with Crippen molar-refractivity contribution in [2.45, 2.75) is 20.5 Å². The van der Waals surface area contributed by atoms with Crippen molar-refractivity contribution in [2.24, 2.45) is 0 Å². The van der Waals surface area contributed by atoms with Gasteiger partial charge in [-0.25, -0.2) is 4.39 Å². The number of methoxy groups -OCH3 is 1. The Morgan fingerprint density at radius 2 is 1.71 bits per heavy atom. The number of ether oxygens (including phenoxy) is 2. The molecular weight excluding hydrogens is 357 g/mol. The number of carbonyl (C=O) groups is 1. The molecule has 144 valence electrons. The summed E-state index contributed by atoms with van der Waals surface area (Å²) in [6.45, 7) is 4.26. The van der Waals surface area contributed by atoms with Crippen LogP contribution in [0.3, 0.4) is 0 Å². The number of nitrogens with one attached hydrogen (secondary N) is 1. The van der Waals surface area contributed by atoms with Gasteiger partial charge in [-0.2, -0.15) is 0 Å². The zero-order chi connectivity index (χ0) is 20.1. The van der Waals surface area contributed by atoms with Gasteiger partial charge in [-0.1, -0.05) is 18.2 Å². The monoisotopic (exact) mass is 379 g/mol. The fourth-order valence-electron chi connectivity index (χ4n) is 2.97. The Morgan fingerprint density at radius 3 is 2.39 bits per heavy atom. The van der Waals surface area contributed by atoms with Crippen LogP contribution in [0.5, 0.6) is 11.5 Å². The lowest BCUT2D eigenvalue weighted by Gasteiger charge is -2.13. The lowest BCUT2D eigenvalue weighted by molar-refractivity contribution is 0.102. The molecule has 3 aromatic rings. The largest absolute Gasteiger partial charge is 0.496 e. The molecule has 1 amide bonds. The van der Waals surface area contributed by atoms with Crippen LogP contribution in [0.25, 0.3) is 0 Å². The van der Waals surface area contributed by atoms with Crippen LogP contribution < -0.4 is 14.8 Å². The summed E-state index contributed by atoms with van der Waals surface area (Å²) >= 11 is 0. The molecule has 3 rings (SSSR count). The fourth-order valence-corrected chi connectivity index (χ4v) is 2.97. The van der Waals surface area contributed by atoms with E-state index in [-0.39, 0.29) is 12.3 Å². The summed E-state index contributed by atoms with van der Waals surface area (Å²) in [7, 11) is 1.56. The third kappa shape index (κ3) is 4.68. The highest BCUT2D eigenvalue weighted by molar-refractivity contribution is 6.04. The van der Waals surface area contributed by atoms with Crippen molar-refractivity contribution >= 4 is 11.6 Å². The van der Waals surface area contributed by atoms with Gasteiger partial charge < -0.3 is 14.8 Å². The predicted octanol–water partition coefficient (Wildman–Crippen LogP) is 5.28. The lowest BCUT2D eigenvalue weighted by atomic mass is 10.1. The molecule has 4 nitrogen and oxygen atoms in total. The first kappa shape index (κ1) is 19.4. The molecule has 0 aliphatic heterocycles. The van der Waals surface area contributed by atoms with Gasteiger partial charge in [-0.15, -0.1) is 0 Å². The molecule has 0 aliphatic rings. The number of anilines is 1. The molecule has 28 heavy (non-hydrogen) atoms. The molecule has 0 atom stereocenters. The number of para-hydroxylation sites is 1. The van der Waals surface area contributed by atoms with E-state index in [4.69, 9.17) is 9.47 Å². The van der Waals surface area contributed by atoms with Crippen LogP contribution in [0, 0.1) is 19.7 Å². The third-order valence-electron chi connectivity index (χ3n) is 4.25. The van der Waals surface area contributed by atoms with E-state index in [1.54, 1.807) is 37.4 Å². The number of halogens is 1. The van der Waals surface area contributed by atoms with Crippen molar-refractivity contribution in [3.63, 3.8) is 0 Å². The second kappa shape index (κ2) is 8.57. The first-order valence-corrected chi connectivity index (χ1v) is 8.90. The maximum atomic E-state index is 13.8. The van der Waals surface area contributed by atoms with E-state index in [2.05, 4.69) is 11.4 Å².